The Morgan fingerprint density at radius 1 is 1.29 bits per heavy atom. The lowest BCUT2D eigenvalue weighted by molar-refractivity contribution is 0.220. The van der Waals surface area contributed by atoms with Crippen LogP contribution < -0.4 is 0 Å². The van der Waals surface area contributed by atoms with Crippen molar-refractivity contribution in [3.8, 4) is 0 Å². The van der Waals surface area contributed by atoms with Gasteiger partial charge in [-0.1, -0.05) is 17.2 Å². The molecule has 2 heteroatoms. The van der Waals surface area contributed by atoms with E-state index in [1.165, 1.54) is 11.1 Å². The molecule has 0 aromatic rings. The summed E-state index contributed by atoms with van der Waals surface area (Å²) in [7, 11) is 0. The maximum Gasteiger partial charge on any atom is 0.209 e. The van der Waals surface area contributed by atoms with Crippen LogP contribution in [0, 0.1) is 0 Å². The number of aliphatic imine (C=N–C) groups is 1. The molecule has 2 nitrogen and oxygen atoms in total. The van der Waals surface area contributed by atoms with Crippen molar-refractivity contribution < 1.29 is 4.74 Å². The zero-order valence-electron chi connectivity index (χ0n) is 9.66. The first-order valence-corrected chi connectivity index (χ1v) is 5.07. The van der Waals surface area contributed by atoms with Crippen LogP contribution in [0.25, 0.3) is 0 Å². The van der Waals surface area contributed by atoms with Gasteiger partial charge in [-0.25, -0.2) is 4.99 Å². The third-order valence-corrected chi connectivity index (χ3v) is 2.58. The van der Waals surface area contributed by atoms with Crippen molar-refractivity contribution in [3.05, 3.63) is 23.3 Å². The number of hydrogen-bond donors (Lipinski definition) is 0. The standard InChI is InChI=1S/C12H19NO/c1-8(2)9(3)6-7-12-13-10(4)11(5)14-12/h6-7,10-11H,1-5H3/b7-6+. The van der Waals surface area contributed by atoms with Crippen LogP contribution in [-0.4, -0.2) is 18.0 Å². The molecule has 0 bridgehead atoms. The highest BCUT2D eigenvalue weighted by Gasteiger charge is 2.20. The Morgan fingerprint density at radius 2 is 1.93 bits per heavy atom. The molecule has 0 radical (unpaired) electrons. The summed E-state index contributed by atoms with van der Waals surface area (Å²) in [4.78, 5) is 4.39. The molecule has 14 heavy (non-hydrogen) atoms. The van der Waals surface area contributed by atoms with Crippen LogP contribution >= 0.6 is 0 Å². The van der Waals surface area contributed by atoms with Crippen LogP contribution in [0.2, 0.25) is 0 Å². The largest absolute Gasteiger partial charge is 0.473 e. The Balaban J connectivity index is 2.63. The maximum atomic E-state index is 5.54. The SMILES string of the molecule is CC(C)=C(C)/C=C/C1=NC(C)C(C)O1. The second-order valence-corrected chi connectivity index (χ2v) is 4.05. The zero-order chi connectivity index (χ0) is 10.7. The van der Waals surface area contributed by atoms with Gasteiger partial charge in [-0.05, 0) is 34.6 Å². The first kappa shape index (κ1) is 11.0. The monoisotopic (exact) mass is 193 g/mol. The van der Waals surface area contributed by atoms with Crippen molar-refractivity contribution >= 4 is 5.90 Å². The molecule has 1 aliphatic rings. The quantitative estimate of drug-likeness (QED) is 0.617. The summed E-state index contributed by atoms with van der Waals surface area (Å²) in [5, 5.41) is 0. The Bertz CT molecular complexity index is 295. The average Bonchev–Trinajstić information content (AvgIpc) is 2.42. The van der Waals surface area contributed by atoms with Crippen LogP contribution in [0.4, 0.5) is 0 Å². The Morgan fingerprint density at radius 3 is 2.36 bits per heavy atom. The van der Waals surface area contributed by atoms with Gasteiger partial charge in [0.25, 0.3) is 0 Å². The van der Waals surface area contributed by atoms with Gasteiger partial charge in [0.15, 0.2) is 0 Å². The van der Waals surface area contributed by atoms with E-state index >= 15 is 0 Å². The number of hydrogen-bond acceptors (Lipinski definition) is 2. The van der Waals surface area contributed by atoms with E-state index in [4.69, 9.17) is 4.74 Å². The Kier molecular flexibility index (Phi) is 3.50. The van der Waals surface area contributed by atoms with Crippen LogP contribution in [0.3, 0.4) is 0 Å². The van der Waals surface area contributed by atoms with Crippen molar-refractivity contribution in [1.82, 2.24) is 0 Å². The van der Waals surface area contributed by atoms with Crippen molar-refractivity contribution in [1.29, 1.82) is 0 Å². The first-order chi connectivity index (χ1) is 6.50. The van der Waals surface area contributed by atoms with Gasteiger partial charge in [-0.3, -0.25) is 0 Å². The summed E-state index contributed by atoms with van der Waals surface area (Å²) < 4.78 is 5.54. The Labute approximate surface area is 86.4 Å². The topological polar surface area (TPSA) is 21.6 Å². The van der Waals surface area contributed by atoms with Gasteiger partial charge < -0.3 is 4.74 Å². The molecule has 1 heterocycles. The summed E-state index contributed by atoms with van der Waals surface area (Å²) in [6.45, 7) is 10.4. The zero-order valence-corrected chi connectivity index (χ0v) is 9.66. The van der Waals surface area contributed by atoms with Crippen molar-refractivity contribution in [2.24, 2.45) is 4.99 Å². The third-order valence-electron chi connectivity index (χ3n) is 2.58. The smallest absolute Gasteiger partial charge is 0.209 e. The molecule has 0 saturated heterocycles. The molecule has 0 spiro atoms. The molecular weight excluding hydrogens is 174 g/mol. The number of nitrogens with zero attached hydrogens (tertiary/aromatic N) is 1. The number of allylic oxidation sites excluding steroid dienone is 3. The van der Waals surface area contributed by atoms with E-state index in [-0.39, 0.29) is 12.1 Å². The molecule has 2 atom stereocenters. The van der Waals surface area contributed by atoms with Crippen LogP contribution in [-0.2, 0) is 4.74 Å². The summed E-state index contributed by atoms with van der Waals surface area (Å²) >= 11 is 0. The van der Waals surface area contributed by atoms with E-state index in [1.54, 1.807) is 0 Å². The highest BCUT2D eigenvalue weighted by Crippen LogP contribution is 2.13. The minimum atomic E-state index is 0.210. The summed E-state index contributed by atoms with van der Waals surface area (Å²) in [5.74, 6) is 0.755. The van der Waals surface area contributed by atoms with Gasteiger partial charge in [0, 0.05) is 6.08 Å². The van der Waals surface area contributed by atoms with Gasteiger partial charge in [-0.15, -0.1) is 0 Å². The number of ether oxygens (including phenoxy) is 1. The highest BCUT2D eigenvalue weighted by molar-refractivity contribution is 5.89. The van der Waals surface area contributed by atoms with Gasteiger partial charge in [0.1, 0.15) is 6.10 Å². The van der Waals surface area contributed by atoms with E-state index in [9.17, 15) is 0 Å². The summed E-state index contributed by atoms with van der Waals surface area (Å²) in [5.41, 5.74) is 2.59. The molecule has 0 aromatic heterocycles. The molecule has 2 unspecified atom stereocenters. The molecule has 78 valence electrons. The van der Waals surface area contributed by atoms with E-state index in [0.29, 0.717) is 0 Å². The molecule has 0 saturated carbocycles. The molecule has 0 aliphatic carbocycles. The number of rotatable bonds is 2. The predicted molar refractivity (Wildman–Crippen MR) is 60.6 cm³/mol. The van der Waals surface area contributed by atoms with Crippen molar-refractivity contribution in [3.63, 3.8) is 0 Å². The second kappa shape index (κ2) is 4.45. The fraction of sp³-hybridized carbons (Fsp3) is 0.583. The lowest BCUT2D eigenvalue weighted by Gasteiger charge is -2.05. The lowest BCUT2D eigenvalue weighted by atomic mass is 10.2. The third kappa shape index (κ3) is 2.72. The van der Waals surface area contributed by atoms with E-state index in [0.717, 1.165) is 5.90 Å². The molecule has 0 N–H and O–H groups in total. The molecular formula is C12H19NO. The van der Waals surface area contributed by atoms with Crippen LogP contribution in [0.15, 0.2) is 28.3 Å². The first-order valence-electron chi connectivity index (χ1n) is 5.07. The normalized spacial score (nSPS) is 26.2. The van der Waals surface area contributed by atoms with Gasteiger partial charge >= 0.3 is 0 Å². The second-order valence-electron chi connectivity index (χ2n) is 4.05. The van der Waals surface area contributed by atoms with E-state index in [2.05, 4.69) is 38.8 Å². The van der Waals surface area contributed by atoms with Gasteiger partial charge in [0.2, 0.25) is 5.90 Å². The molecule has 0 aromatic carbocycles. The molecule has 1 aliphatic heterocycles. The summed E-state index contributed by atoms with van der Waals surface area (Å²) in [6, 6.07) is 0.279. The summed E-state index contributed by atoms with van der Waals surface area (Å²) in [6.07, 6.45) is 4.21. The maximum absolute atomic E-state index is 5.54. The Hall–Kier alpha value is -1.05. The molecule has 0 amide bonds. The predicted octanol–water partition coefficient (Wildman–Crippen LogP) is 3.10. The van der Waals surface area contributed by atoms with Crippen LogP contribution in [0.5, 0.6) is 0 Å². The highest BCUT2D eigenvalue weighted by atomic mass is 16.5. The van der Waals surface area contributed by atoms with E-state index in [1.807, 2.05) is 13.0 Å². The lowest BCUT2D eigenvalue weighted by Crippen LogP contribution is -2.14. The van der Waals surface area contributed by atoms with Crippen molar-refractivity contribution in [2.45, 2.75) is 46.8 Å². The fourth-order valence-electron chi connectivity index (χ4n) is 1.07. The minimum absolute atomic E-state index is 0.210. The van der Waals surface area contributed by atoms with E-state index < -0.39 is 0 Å². The van der Waals surface area contributed by atoms with Gasteiger partial charge in [0.05, 0.1) is 6.04 Å². The van der Waals surface area contributed by atoms with Gasteiger partial charge in [-0.2, -0.15) is 0 Å². The fourth-order valence-corrected chi connectivity index (χ4v) is 1.07. The average molecular weight is 193 g/mol. The van der Waals surface area contributed by atoms with Crippen molar-refractivity contribution in [2.75, 3.05) is 0 Å². The van der Waals surface area contributed by atoms with Crippen LogP contribution in [0.1, 0.15) is 34.6 Å². The minimum Gasteiger partial charge on any atom is -0.473 e. The molecule has 1 rings (SSSR count). The molecule has 0 fully saturated rings.